The number of carbonyl (C=O) groups excluding carboxylic acids is 1. The molecule has 0 spiro atoms. The van der Waals surface area contributed by atoms with Gasteiger partial charge in [0.1, 0.15) is 0 Å². The number of ether oxygens (including phenoxy) is 1. The molecule has 1 aliphatic rings. The van der Waals surface area contributed by atoms with Gasteiger partial charge in [-0.1, -0.05) is 6.92 Å². The Hall–Kier alpha value is -0.610. The van der Waals surface area contributed by atoms with Crippen LogP contribution in [0.3, 0.4) is 0 Å². The third-order valence-electron chi connectivity index (χ3n) is 2.90. The van der Waals surface area contributed by atoms with E-state index in [2.05, 4.69) is 10.2 Å². The summed E-state index contributed by atoms with van der Waals surface area (Å²) >= 11 is 0. The third-order valence-corrected chi connectivity index (χ3v) is 2.90. The zero-order valence-corrected chi connectivity index (χ0v) is 9.95. The molecule has 1 aliphatic heterocycles. The highest BCUT2D eigenvalue weighted by Gasteiger charge is 2.24. The van der Waals surface area contributed by atoms with Crippen LogP contribution in [0, 0.1) is 5.92 Å². The van der Waals surface area contributed by atoms with E-state index in [1.54, 1.807) is 0 Å². The highest BCUT2D eigenvalue weighted by Crippen LogP contribution is 2.11. The minimum absolute atomic E-state index is 0.0134. The predicted octanol–water partition coefficient (Wildman–Crippen LogP) is 0.479. The standard InChI is InChI=1S/C11H22N2O2/c1-4-15-11(14)9(2)7-13-6-5-10(8-13)12-3/h9-10,12H,4-8H2,1-3H3. The number of esters is 1. The van der Waals surface area contributed by atoms with Crippen LogP contribution in [0.1, 0.15) is 20.3 Å². The van der Waals surface area contributed by atoms with E-state index >= 15 is 0 Å². The fraction of sp³-hybridized carbons (Fsp3) is 0.909. The quantitative estimate of drug-likeness (QED) is 0.676. The summed E-state index contributed by atoms with van der Waals surface area (Å²) in [5.74, 6) is -0.0917. The lowest BCUT2D eigenvalue weighted by atomic mass is 10.2. The van der Waals surface area contributed by atoms with Gasteiger partial charge in [0.05, 0.1) is 12.5 Å². The number of hydrogen-bond donors (Lipinski definition) is 1. The van der Waals surface area contributed by atoms with E-state index in [1.165, 1.54) is 6.42 Å². The normalized spacial score (nSPS) is 24.1. The van der Waals surface area contributed by atoms with E-state index in [9.17, 15) is 4.79 Å². The number of nitrogens with one attached hydrogen (secondary N) is 1. The summed E-state index contributed by atoms with van der Waals surface area (Å²) in [5, 5.41) is 3.26. The molecule has 0 aromatic heterocycles. The summed E-state index contributed by atoms with van der Waals surface area (Å²) in [6.45, 7) is 7.19. The van der Waals surface area contributed by atoms with E-state index in [4.69, 9.17) is 4.74 Å². The van der Waals surface area contributed by atoms with Gasteiger partial charge in [0.2, 0.25) is 0 Å². The predicted molar refractivity (Wildman–Crippen MR) is 59.7 cm³/mol. The van der Waals surface area contributed by atoms with Crippen LogP contribution in [-0.2, 0) is 9.53 Å². The van der Waals surface area contributed by atoms with Crippen LogP contribution in [0.15, 0.2) is 0 Å². The lowest BCUT2D eigenvalue weighted by Gasteiger charge is -2.19. The van der Waals surface area contributed by atoms with Crippen LogP contribution < -0.4 is 5.32 Å². The smallest absolute Gasteiger partial charge is 0.309 e. The summed E-state index contributed by atoms with van der Waals surface area (Å²) < 4.78 is 4.99. The lowest BCUT2D eigenvalue weighted by molar-refractivity contribution is -0.147. The van der Waals surface area contributed by atoms with Crippen LogP contribution >= 0.6 is 0 Å². The molecule has 0 bridgehead atoms. The van der Waals surface area contributed by atoms with E-state index in [0.717, 1.165) is 19.6 Å². The molecular weight excluding hydrogens is 192 g/mol. The number of carbonyl (C=O) groups is 1. The van der Waals surface area contributed by atoms with Crippen molar-refractivity contribution in [2.75, 3.05) is 33.3 Å². The van der Waals surface area contributed by atoms with Gasteiger partial charge in [-0.3, -0.25) is 4.79 Å². The first-order valence-corrected chi connectivity index (χ1v) is 5.73. The first-order valence-electron chi connectivity index (χ1n) is 5.73. The van der Waals surface area contributed by atoms with Gasteiger partial charge in [-0.25, -0.2) is 0 Å². The van der Waals surface area contributed by atoms with Crippen molar-refractivity contribution in [1.82, 2.24) is 10.2 Å². The summed E-state index contributed by atoms with van der Waals surface area (Å²) in [7, 11) is 1.99. The van der Waals surface area contributed by atoms with E-state index < -0.39 is 0 Å². The van der Waals surface area contributed by atoms with Crippen molar-refractivity contribution in [1.29, 1.82) is 0 Å². The molecular formula is C11H22N2O2. The molecule has 1 rings (SSSR count). The topological polar surface area (TPSA) is 41.6 Å². The first kappa shape index (κ1) is 12.5. The van der Waals surface area contributed by atoms with Crippen molar-refractivity contribution in [3.8, 4) is 0 Å². The van der Waals surface area contributed by atoms with Gasteiger partial charge in [0, 0.05) is 19.1 Å². The molecule has 4 heteroatoms. The molecule has 2 atom stereocenters. The highest BCUT2D eigenvalue weighted by atomic mass is 16.5. The van der Waals surface area contributed by atoms with Crippen molar-refractivity contribution in [3.63, 3.8) is 0 Å². The second-order valence-corrected chi connectivity index (χ2v) is 4.19. The maximum Gasteiger partial charge on any atom is 0.309 e. The molecule has 0 aromatic rings. The van der Waals surface area contributed by atoms with Crippen LogP contribution in [0.5, 0.6) is 0 Å². The van der Waals surface area contributed by atoms with Gasteiger partial charge in [-0.2, -0.15) is 0 Å². The first-order chi connectivity index (χ1) is 7.17. The van der Waals surface area contributed by atoms with Crippen LogP contribution in [0.4, 0.5) is 0 Å². The third kappa shape index (κ3) is 3.80. The van der Waals surface area contributed by atoms with Gasteiger partial charge >= 0.3 is 5.97 Å². The zero-order chi connectivity index (χ0) is 11.3. The van der Waals surface area contributed by atoms with E-state index in [1.807, 2.05) is 20.9 Å². The molecule has 0 amide bonds. The summed E-state index contributed by atoms with van der Waals surface area (Å²) in [6.07, 6.45) is 1.17. The molecule has 15 heavy (non-hydrogen) atoms. The molecule has 1 fully saturated rings. The molecule has 1 heterocycles. The van der Waals surface area contributed by atoms with Crippen molar-refractivity contribution >= 4 is 5.97 Å². The summed E-state index contributed by atoms with van der Waals surface area (Å²) in [5.41, 5.74) is 0. The molecule has 0 aliphatic carbocycles. The Morgan fingerprint density at radius 1 is 1.67 bits per heavy atom. The highest BCUT2D eigenvalue weighted by molar-refractivity contribution is 5.72. The molecule has 2 unspecified atom stereocenters. The maximum absolute atomic E-state index is 11.4. The average Bonchev–Trinajstić information content (AvgIpc) is 2.66. The number of rotatable bonds is 5. The second-order valence-electron chi connectivity index (χ2n) is 4.19. The summed E-state index contributed by atoms with van der Waals surface area (Å²) in [6, 6.07) is 0.583. The van der Waals surface area contributed by atoms with Gasteiger partial charge in [-0.15, -0.1) is 0 Å². The van der Waals surface area contributed by atoms with Gasteiger partial charge in [0.25, 0.3) is 0 Å². The van der Waals surface area contributed by atoms with Gasteiger partial charge in [-0.05, 0) is 26.9 Å². The lowest BCUT2D eigenvalue weighted by Crippen LogP contribution is -2.34. The van der Waals surface area contributed by atoms with Crippen molar-refractivity contribution in [3.05, 3.63) is 0 Å². The minimum atomic E-state index is -0.0783. The Morgan fingerprint density at radius 2 is 2.40 bits per heavy atom. The van der Waals surface area contributed by atoms with Gasteiger partial charge < -0.3 is 15.0 Å². The Balaban J connectivity index is 2.26. The van der Waals surface area contributed by atoms with E-state index in [-0.39, 0.29) is 11.9 Å². The van der Waals surface area contributed by atoms with Crippen LogP contribution in [0.2, 0.25) is 0 Å². The van der Waals surface area contributed by atoms with Crippen LogP contribution in [0.25, 0.3) is 0 Å². The van der Waals surface area contributed by atoms with Crippen molar-refractivity contribution in [2.24, 2.45) is 5.92 Å². The van der Waals surface area contributed by atoms with Crippen molar-refractivity contribution < 1.29 is 9.53 Å². The number of hydrogen-bond acceptors (Lipinski definition) is 4. The Labute approximate surface area is 92.0 Å². The average molecular weight is 214 g/mol. The fourth-order valence-corrected chi connectivity index (χ4v) is 1.98. The Kier molecular flexibility index (Phi) is 5.05. The second kappa shape index (κ2) is 6.08. The number of likely N-dealkylation sites (tertiary alicyclic amines) is 1. The Morgan fingerprint density at radius 3 is 2.93 bits per heavy atom. The molecule has 1 saturated heterocycles. The summed E-state index contributed by atoms with van der Waals surface area (Å²) in [4.78, 5) is 13.7. The number of likely N-dealkylation sites (N-methyl/N-ethyl adjacent to an activating group) is 1. The SMILES string of the molecule is CCOC(=O)C(C)CN1CCC(NC)C1. The largest absolute Gasteiger partial charge is 0.466 e. The van der Waals surface area contributed by atoms with Crippen LogP contribution in [-0.4, -0.2) is 50.2 Å². The molecule has 0 radical (unpaired) electrons. The van der Waals surface area contributed by atoms with Gasteiger partial charge in [0.15, 0.2) is 0 Å². The fourth-order valence-electron chi connectivity index (χ4n) is 1.98. The number of nitrogens with zero attached hydrogens (tertiary/aromatic N) is 1. The zero-order valence-electron chi connectivity index (χ0n) is 9.95. The molecule has 4 nitrogen and oxygen atoms in total. The van der Waals surface area contributed by atoms with Crippen molar-refractivity contribution in [2.45, 2.75) is 26.3 Å². The molecule has 0 saturated carbocycles. The molecule has 0 aromatic carbocycles. The molecule has 1 N–H and O–H groups in total. The molecule has 88 valence electrons. The minimum Gasteiger partial charge on any atom is -0.466 e. The van der Waals surface area contributed by atoms with E-state index in [0.29, 0.717) is 12.6 Å². The maximum atomic E-state index is 11.4. The Bertz CT molecular complexity index is 209. The monoisotopic (exact) mass is 214 g/mol.